The summed E-state index contributed by atoms with van der Waals surface area (Å²) in [6.07, 6.45) is -2.61. The van der Waals surface area contributed by atoms with Crippen molar-refractivity contribution in [1.82, 2.24) is 19.9 Å². The molecule has 1 aliphatic rings. The molecule has 1 aromatic carbocycles. The van der Waals surface area contributed by atoms with Gasteiger partial charge in [0, 0.05) is 26.2 Å². The highest BCUT2D eigenvalue weighted by Gasteiger charge is 2.33. The first-order valence-corrected chi connectivity index (χ1v) is 7.94. The molecule has 1 saturated heterocycles. The number of aromatic amines is 1. The minimum Gasteiger partial charge on any atom is -0.352 e. The van der Waals surface area contributed by atoms with Crippen molar-refractivity contribution in [2.45, 2.75) is 6.18 Å². The van der Waals surface area contributed by atoms with E-state index in [1.807, 2.05) is 9.80 Å². The van der Waals surface area contributed by atoms with Gasteiger partial charge in [-0.1, -0.05) is 0 Å². The van der Waals surface area contributed by atoms with Gasteiger partial charge in [-0.15, -0.1) is 0 Å². The Kier molecular flexibility index (Phi) is 3.89. The van der Waals surface area contributed by atoms with Crippen LogP contribution in [-0.4, -0.2) is 46.1 Å². The summed E-state index contributed by atoms with van der Waals surface area (Å²) in [4.78, 5) is 18.7. The average Bonchev–Trinajstić information content (AvgIpc) is 3.04. The SMILES string of the molecule is Fc1ccc2nc(N3CCN(c4cnc(C(F)(F)F)cn4)CC3)[nH]c2c1. The molecule has 2 aromatic heterocycles. The van der Waals surface area contributed by atoms with Gasteiger partial charge in [-0.25, -0.2) is 19.3 Å². The quantitative estimate of drug-likeness (QED) is 0.707. The molecular formula is C16H14F4N6. The molecule has 0 aliphatic carbocycles. The average molecular weight is 366 g/mol. The molecule has 0 unspecified atom stereocenters. The van der Waals surface area contributed by atoms with Gasteiger partial charge in [0.15, 0.2) is 5.69 Å². The summed E-state index contributed by atoms with van der Waals surface area (Å²) in [6.45, 7) is 2.33. The summed E-state index contributed by atoms with van der Waals surface area (Å²) in [5, 5.41) is 0. The van der Waals surface area contributed by atoms with Gasteiger partial charge in [0.05, 0.1) is 23.4 Å². The molecule has 3 heterocycles. The molecule has 0 atom stereocenters. The lowest BCUT2D eigenvalue weighted by Crippen LogP contribution is -2.47. The first-order chi connectivity index (χ1) is 12.4. The molecule has 0 bridgehead atoms. The Hall–Kier alpha value is -2.91. The summed E-state index contributed by atoms with van der Waals surface area (Å²) in [7, 11) is 0. The second-order valence-corrected chi connectivity index (χ2v) is 5.95. The van der Waals surface area contributed by atoms with Crippen molar-refractivity contribution in [2.24, 2.45) is 0 Å². The van der Waals surface area contributed by atoms with Crippen LogP contribution in [0.4, 0.5) is 29.3 Å². The zero-order chi connectivity index (χ0) is 18.3. The third-order valence-electron chi connectivity index (χ3n) is 4.26. The molecule has 0 amide bonds. The maximum Gasteiger partial charge on any atom is 0.434 e. The minimum absolute atomic E-state index is 0.335. The van der Waals surface area contributed by atoms with Gasteiger partial charge in [0.25, 0.3) is 0 Å². The number of fused-ring (bicyclic) bond motifs is 1. The fourth-order valence-corrected chi connectivity index (χ4v) is 2.90. The van der Waals surface area contributed by atoms with Gasteiger partial charge in [0.1, 0.15) is 11.6 Å². The maximum atomic E-state index is 13.3. The molecule has 0 radical (unpaired) electrons. The van der Waals surface area contributed by atoms with Crippen LogP contribution in [0.1, 0.15) is 5.69 Å². The van der Waals surface area contributed by atoms with Crippen LogP contribution in [0.5, 0.6) is 0 Å². The molecule has 0 spiro atoms. The summed E-state index contributed by atoms with van der Waals surface area (Å²) in [6, 6.07) is 4.35. The fourth-order valence-electron chi connectivity index (χ4n) is 2.90. The number of piperazine rings is 1. The van der Waals surface area contributed by atoms with E-state index in [4.69, 9.17) is 0 Å². The van der Waals surface area contributed by atoms with Crippen LogP contribution < -0.4 is 9.80 Å². The van der Waals surface area contributed by atoms with Crippen molar-refractivity contribution < 1.29 is 17.6 Å². The lowest BCUT2D eigenvalue weighted by molar-refractivity contribution is -0.141. The lowest BCUT2D eigenvalue weighted by Gasteiger charge is -2.35. The first-order valence-electron chi connectivity index (χ1n) is 7.94. The number of halogens is 4. The molecule has 1 aliphatic heterocycles. The van der Waals surface area contributed by atoms with E-state index in [0.29, 0.717) is 49.0 Å². The van der Waals surface area contributed by atoms with Crippen LogP contribution in [0.25, 0.3) is 11.0 Å². The van der Waals surface area contributed by atoms with Gasteiger partial charge in [-0.3, -0.25) is 0 Å². The number of benzene rings is 1. The number of aromatic nitrogens is 4. The molecule has 136 valence electrons. The van der Waals surface area contributed by atoms with Gasteiger partial charge in [-0.05, 0) is 18.2 Å². The third kappa shape index (κ3) is 3.14. The normalized spacial score (nSPS) is 15.7. The Balaban J connectivity index is 1.44. The maximum absolute atomic E-state index is 13.3. The first kappa shape index (κ1) is 16.6. The van der Waals surface area contributed by atoms with Crippen LogP contribution in [0, 0.1) is 5.82 Å². The smallest absolute Gasteiger partial charge is 0.352 e. The van der Waals surface area contributed by atoms with Crippen molar-refractivity contribution in [1.29, 1.82) is 0 Å². The summed E-state index contributed by atoms with van der Waals surface area (Å²) >= 11 is 0. The number of anilines is 2. The fraction of sp³-hybridized carbons (Fsp3) is 0.312. The molecule has 1 N–H and O–H groups in total. The summed E-state index contributed by atoms with van der Waals surface area (Å²) in [5.41, 5.74) is 0.294. The van der Waals surface area contributed by atoms with Crippen molar-refractivity contribution in [3.63, 3.8) is 0 Å². The molecule has 1 fully saturated rings. The van der Waals surface area contributed by atoms with Crippen LogP contribution >= 0.6 is 0 Å². The van der Waals surface area contributed by atoms with E-state index in [-0.39, 0.29) is 5.82 Å². The van der Waals surface area contributed by atoms with Crippen LogP contribution in [0.3, 0.4) is 0 Å². The van der Waals surface area contributed by atoms with Crippen molar-refractivity contribution in [3.8, 4) is 0 Å². The predicted octanol–water partition coefficient (Wildman–Crippen LogP) is 2.84. The number of alkyl halides is 3. The highest BCUT2D eigenvalue weighted by atomic mass is 19.4. The Morgan fingerprint density at radius 2 is 1.69 bits per heavy atom. The van der Waals surface area contributed by atoms with Gasteiger partial charge >= 0.3 is 6.18 Å². The molecule has 6 nitrogen and oxygen atoms in total. The van der Waals surface area contributed by atoms with E-state index in [1.165, 1.54) is 12.1 Å². The number of H-pyrrole nitrogens is 1. The van der Waals surface area contributed by atoms with Crippen LogP contribution in [0.15, 0.2) is 30.6 Å². The number of nitrogens with zero attached hydrogens (tertiary/aromatic N) is 5. The Bertz CT molecular complexity index is 913. The van der Waals surface area contributed by atoms with Gasteiger partial charge in [-0.2, -0.15) is 13.2 Å². The molecule has 0 saturated carbocycles. The van der Waals surface area contributed by atoms with Gasteiger partial charge in [0.2, 0.25) is 5.95 Å². The predicted molar refractivity (Wildman–Crippen MR) is 87.5 cm³/mol. The number of hydrogen-bond acceptors (Lipinski definition) is 5. The molecule has 26 heavy (non-hydrogen) atoms. The van der Waals surface area contributed by atoms with E-state index in [9.17, 15) is 17.6 Å². The van der Waals surface area contributed by atoms with E-state index in [0.717, 1.165) is 12.4 Å². The zero-order valence-corrected chi connectivity index (χ0v) is 13.5. The summed E-state index contributed by atoms with van der Waals surface area (Å²) < 4.78 is 50.9. The van der Waals surface area contributed by atoms with Crippen molar-refractivity contribution in [3.05, 3.63) is 42.1 Å². The highest BCUT2D eigenvalue weighted by Crippen LogP contribution is 2.27. The van der Waals surface area contributed by atoms with Gasteiger partial charge < -0.3 is 14.8 Å². The van der Waals surface area contributed by atoms with Crippen LogP contribution in [-0.2, 0) is 6.18 Å². The molecular weight excluding hydrogens is 352 g/mol. The van der Waals surface area contributed by atoms with E-state index < -0.39 is 11.9 Å². The van der Waals surface area contributed by atoms with Crippen LogP contribution in [0.2, 0.25) is 0 Å². The van der Waals surface area contributed by atoms with E-state index in [1.54, 1.807) is 6.07 Å². The monoisotopic (exact) mass is 366 g/mol. The largest absolute Gasteiger partial charge is 0.434 e. The van der Waals surface area contributed by atoms with Crippen molar-refractivity contribution >= 4 is 22.8 Å². The standard InChI is InChI=1S/C16H14F4N6/c17-10-1-2-11-12(7-10)24-15(23-11)26-5-3-25(4-6-26)14-9-21-13(8-22-14)16(18,19)20/h1-2,7-9H,3-6H2,(H,23,24). The number of rotatable bonds is 2. The minimum atomic E-state index is -4.50. The highest BCUT2D eigenvalue weighted by molar-refractivity contribution is 5.77. The molecule has 10 heteroatoms. The molecule has 3 aromatic rings. The Morgan fingerprint density at radius 1 is 0.962 bits per heavy atom. The van der Waals surface area contributed by atoms with E-state index in [2.05, 4.69) is 19.9 Å². The lowest BCUT2D eigenvalue weighted by atomic mass is 10.3. The third-order valence-corrected chi connectivity index (χ3v) is 4.26. The Morgan fingerprint density at radius 3 is 2.35 bits per heavy atom. The zero-order valence-electron chi connectivity index (χ0n) is 13.5. The topological polar surface area (TPSA) is 60.9 Å². The number of nitrogens with one attached hydrogen (secondary N) is 1. The number of imidazole rings is 1. The second-order valence-electron chi connectivity index (χ2n) is 5.95. The van der Waals surface area contributed by atoms with E-state index >= 15 is 0 Å². The molecule has 4 rings (SSSR count). The number of hydrogen-bond donors (Lipinski definition) is 1. The second kappa shape index (κ2) is 6.11. The van der Waals surface area contributed by atoms with Crippen molar-refractivity contribution in [2.75, 3.05) is 36.0 Å². The Labute approximate surface area is 145 Å². The summed E-state index contributed by atoms with van der Waals surface area (Å²) in [5.74, 6) is 0.714.